The van der Waals surface area contributed by atoms with Gasteiger partial charge in [0.25, 0.3) is 5.22 Å². The molecule has 0 saturated carbocycles. The van der Waals surface area contributed by atoms with Gasteiger partial charge in [0.05, 0.1) is 17.3 Å². The van der Waals surface area contributed by atoms with Gasteiger partial charge < -0.3 is 9.73 Å². The number of sulfone groups is 1. The topological polar surface area (TPSA) is 89.3 Å². The molecular weight excluding hydrogens is 348 g/mol. The minimum atomic E-state index is -2.99. The fraction of sp³-hybridized carbons (Fsp3) is 0.385. The molecule has 118 valence electrons. The third-order valence-electron chi connectivity index (χ3n) is 3.26. The van der Waals surface area contributed by atoms with E-state index in [0.29, 0.717) is 27.8 Å². The van der Waals surface area contributed by atoms with E-state index in [-0.39, 0.29) is 29.2 Å². The van der Waals surface area contributed by atoms with E-state index >= 15 is 0 Å². The number of aromatic nitrogens is 1. The van der Waals surface area contributed by atoms with Crippen LogP contribution in [-0.2, 0) is 14.6 Å². The van der Waals surface area contributed by atoms with Crippen molar-refractivity contribution in [2.24, 2.45) is 0 Å². The SMILES string of the molecule is O=C(CSc1nc2ccc(Cl)cc2o1)N[C@H]1CCS(=O)(=O)C1. The third kappa shape index (κ3) is 3.74. The Morgan fingerprint density at radius 2 is 2.32 bits per heavy atom. The molecule has 1 amide bonds. The van der Waals surface area contributed by atoms with Crippen LogP contribution >= 0.6 is 23.4 Å². The summed E-state index contributed by atoms with van der Waals surface area (Å²) in [6.07, 6.45) is 0.472. The molecule has 1 aromatic heterocycles. The number of halogens is 1. The standard InChI is InChI=1S/C13H13ClN2O4S2/c14-8-1-2-10-11(5-8)20-13(16-10)21-6-12(17)15-9-3-4-22(18,19)7-9/h1-2,5,9H,3-4,6-7H2,(H,15,17)/t9-/m0/s1. The molecule has 3 rings (SSSR count). The minimum absolute atomic E-state index is 0.0186. The molecule has 6 nitrogen and oxygen atoms in total. The number of carbonyl (C=O) groups is 1. The largest absolute Gasteiger partial charge is 0.431 e. The summed E-state index contributed by atoms with van der Waals surface area (Å²) < 4.78 is 28.2. The molecule has 1 fully saturated rings. The highest BCUT2D eigenvalue weighted by atomic mass is 35.5. The van der Waals surface area contributed by atoms with Crippen molar-refractivity contribution >= 4 is 50.2 Å². The van der Waals surface area contributed by atoms with Crippen molar-refractivity contribution in [1.82, 2.24) is 10.3 Å². The number of thioether (sulfide) groups is 1. The molecular formula is C13H13ClN2O4S2. The Labute approximate surface area is 136 Å². The van der Waals surface area contributed by atoms with Crippen LogP contribution in [0.4, 0.5) is 0 Å². The minimum Gasteiger partial charge on any atom is -0.431 e. The van der Waals surface area contributed by atoms with Crippen molar-refractivity contribution in [1.29, 1.82) is 0 Å². The van der Waals surface area contributed by atoms with Gasteiger partial charge in [0.15, 0.2) is 15.4 Å². The van der Waals surface area contributed by atoms with Crippen molar-refractivity contribution in [3.05, 3.63) is 23.2 Å². The van der Waals surface area contributed by atoms with Gasteiger partial charge in [0, 0.05) is 17.1 Å². The molecule has 1 aliphatic rings. The first kappa shape index (κ1) is 15.6. The van der Waals surface area contributed by atoms with Crippen LogP contribution in [0.1, 0.15) is 6.42 Å². The molecule has 9 heteroatoms. The molecule has 1 saturated heterocycles. The molecule has 1 atom stereocenters. The molecule has 1 aromatic carbocycles. The normalized spacial score (nSPS) is 20.3. The van der Waals surface area contributed by atoms with Gasteiger partial charge >= 0.3 is 0 Å². The number of carbonyl (C=O) groups excluding carboxylic acids is 1. The molecule has 2 heterocycles. The fourth-order valence-corrected chi connectivity index (χ4v) is 4.73. The summed E-state index contributed by atoms with van der Waals surface area (Å²) in [6.45, 7) is 0. The average molecular weight is 361 g/mol. The number of hydrogen-bond donors (Lipinski definition) is 1. The van der Waals surface area contributed by atoms with E-state index in [1.54, 1.807) is 18.2 Å². The summed E-state index contributed by atoms with van der Waals surface area (Å²) in [4.78, 5) is 16.1. The van der Waals surface area contributed by atoms with Gasteiger partial charge in [0.1, 0.15) is 5.52 Å². The Kier molecular flexibility index (Phi) is 4.33. The van der Waals surface area contributed by atoms with Crippen LogP contribution in [-0.4, -0.2) is 42.6 Å². The van der Waals surface area contributed by atoms with E-state index in [1.165, 1.54) is 0 Å². The highest BCUT2D eigenvalue weighted by Crippen LogP contribution is 2.25. The maximum absolute atomic E-state index is 11.8. The second-order valence-corrected chi connectivity index (χ2v) is 8.64. The summed E-state index contributed by atoms with van der Waals surface area (Å²) in [5.41, 5.74) is 1.24. The van der Waals surface area contributed by atoms with Crippen molar-refractivity contribution in [3.8, 4) is 0 Å². The van der Waals surface area contributed by atoms with Crippen molar-refractivity contribution < 1.29 is 17.6 Å². The Balaban J connectivity index is 1.56. The van der Waals surface area contributed by atoms with Crippen LogP contribution in [0.2, 0.25) is 5.02 Å². The molecule has 0 unspecified atom stereocenters. The van der Waals surface area contributed by atoms with Gasteiger partial charge in [0.2, 0.25) is 5.91 Å². The highest BCUT2D eigenvalue weighted by Gasteiger charge is 2.28. The number of rotatable bonds is 4. The molecule has 1 aliphatic heterocycles. The fourth-order valence-electron chi connectivity index (χ4n) is 2.24. The summed E-state index contributed by atoms with van der Waals surface area (Å²) in [5, 5.41) is 3.66. The molecule has 2 aromatic rings. The number of fused-ring (bicyclic) bond motifs is 1. The second-order valence-electron chi connectivity index (χ2n) is 5.05. The third-order valence-corrected chi connectivity index (χ3v) is 6.09. The molecule has 0 aliphatic carbocycles. The van der Waals surface area contributed by atoms with Crippen LogP contribution in [0.3, 0.4) is 0 Å². The summed E-state index contributed by atoms with van der Waals surface area (Å²) in [7, 11) is -2.99. The van der Waals surface area contributed by atoms with Crippen molar-refractivity contribution in [3.63, 3.8) is 0 Å². The van der Waals surface area contributed by atoms with Crippen LogP contribution in [0, 0.1) is 0 Å². The Morgan fingerprint density at radius 3 is 3.05 bits per heavy atom. The van der Waals surface area contributed by atoms with E-state index in [9.17, 15) is 13.2 Å². The maximum atomic E-state index is 11.8. The van der Waals surface area contributed by atoms with Crippen LogP contribution in [0.5, 0.6) is 0 Å². The van der Waals surface area contributed by atoms with E-state index in [4.69, 9.17) is 16.0 Å². The number of amides is 1. The highest BCUT2D eigenvalue weighted by molar-refractivity contribution is 7.99. The molecule has 0 spiro atoms. The molecule has 0 radical (unpaired) electrons. The Morgan fingerprint density at radius 1 is 1.50 bits per heavy atom. The average Bonchev–Trinajstić information content (AvgIpc) is 2.98. The van der Waals surface area contributed by atoms with Crippen LogP contribution in [0.15, 0.2) is 27.8 Å². The van der Waals surface area contributed by atoms with Crippen LogP contribution in [0.25, 0.3) is 11.1 Å². The first-order valence-electron chi connectivity index (χ1n) is 6.60. The lowest BCUT2D eigenvalue weighted by Crippen LogP contribution is -2.36. The van der Waals surface area contributed by atoms with E-state index < -0.39 is 9.84 Å². The van der Waals surface area contributed by atoms with Crippen molar-refractivity contribution in [2.75, 3.05) is 17.3 Å². The Bertz CT molecular complexity index is 819. The number of nitrogens with one attached hydrogen (secondary N) is 1. The zero-order valence-electron chi connectivity index (χ0n) is 11.4. The van der Waals surface area contributed by atoms with Gasteiger partial charge in [-0.2, -0.15) is 0 Å². The van der Waals surface area contributed by atoms with Gasteiger partial charge in [-0.25, -0.2) is 13.4 Å². The lowest BCUT2D eigenvalue weighted by molar-refractivity contribution is -0.119. The first-order valence-corrected chi connectivity index (χ1v) is 9.78. The van der Waals surface area contributed by atoms with Crippen molar-refractivity contribution in [2.45, 2.75) is 17.7 Å². The van der Waals surface area contributed by atoms with E-state index in [2.05, 4.69) is 10.3 Å². The predicted molar refractivity (Wildman–Crippen MR) is 84.9 cm³/mol. The predicted octanol–water partition coefficient (Wildman–Crippen LogP) is 1.88. The smallest absolute Gasteiger partial charge is 0.257 e. The number of nitrogens with zero attached hydrogens (tertiary/aromatic N) is 1. The van der Waals surface area contributed by atoms with Gasteiger partial charge in [-0.3, -0.25) is 4.79 Å². The van der Waals surface area contributed by atoms with E-state index in [0.717, 1.165) is 11.8 Å². The quantitative estimate of drug-likeness (QED) is 0.837. The number of hydrogen-bond acceptors (Lipinski definition) is 6. The molecule has 22 heavy (non-hydrogen) atoms. The summed E-state index contributed by atoms with van der Waals surface area (Å²) in [5.74, 6) is 0.0474. The van der Waals surface area contributed by atoms with Gasteiger partial charge in [-0.15, -0.1) is 0 Å². The summed E-state index contributed by atoms with van der Waals surface area (Å²) >= 11 is 7.03. The van der Waals surface area contributed by atoms with Crippen LogP contribution < -0.4 is 5.32 Å². The lowest BCUT2D eigenvalue weighted by Gasteiger charge is -2.09. The molecule has 0 bridgehead atoms. The number of benzene rings is 1. The van der Waals surface area contributed by atoms with Gasteiger partial charge in [-0.05, 0) is 18.6 Å². The van der Waals surface area contributed by atoms with Gasteiger partial charge in [-0.1, -0.05) is 23.4 Å². The van der Waals surface area contributed by atoms with E-state index in [1.807, 2.05) is 0 Å². The zero-order chi connectivity index (χ0) is 15.7. The molecule has 1 N–H and O–H groups in total. The lowest BCUT2D eigenvalue weighted by atomic mass is 10.3. The monoisotopic (exact) mass is 360 g/mol. The summed E-state index contributed by atoms with van der Waals surface area (Å²) in [6, 6.07) is 4.83. The zero-order valence-corrected chi connectivity index (χ0v) is 13.8. The maximum Gasteiger partial charge on any atom is 0.257 e. The number of oxazole rings is 1. The second kappa shape index (κ2) is 6.10. The Hall–Kier alpha value is -1.25. The first-order chi connectivity index (χ1) is 10.4.